The fourth-order valence-corrected chi connectivity index (χ4v) is 3.59. The molecule has 2 N–H and O–H groups in total. The van der Waals surface area contributed by atoms with Crippen molar-refractivity contribution in [1.29, 1.82) is 0 Å². The van der Waals surface area contributed by atoms with Crippen molar-refractivity contribution in [2.24, 2.45) is 11.7 Å². The molecule has 2 heterocycles. The normalized spacial score (nSPS) is 24.3. The van der Waals surface area contributed by atoms with Crippen molar-refractivity contribution in [3.8, 4) is 0 Å². The molecule has 5 nitrogen and oxygen atoms in total. The van der Waals surface area contributed by atoms with Gasteiger partial charge in [0.15, 0.2) is 0 Å². The number of esters is 1. The van der Waals surface area contributed by atoms with Gasteiger partial charge in [0.05, 0.1) is 16.7 Å². The average Bonchev–Trinajstić information content (AvgIpc) is 2.76. The lowest BCUT2D eigenvalue weighted by Crippen LogP contribution is -2.20. The van der Waals surface area contributed by atoms with Crippen molar-refractivity contribution < 1.29 is 14.3 Å². The molecule has 1 unspecified atom stereocenters. The second-order valence-corrected chi connectivity index (χ2v) is 5.98. The predicted octanol–water partition coefficient (Wildman–Crippen LogP) is 1.22. The summed E-state index contributed by atoms with van der Waals surface area (Å²) in [7, 11) is 0. The maximum atomic E-state index is 12.1. The smallest absolute Gasteiger partial charge is 0.337 e. The summed E-state index contributed by atoms with van der Waals surface area (Å²) in [5, 5.41) is 0.908. The van der Waals surface area contributed by atoms with E-state index in [0.717, 1.165) is 10.7 Å². The van der Waals surface area contributed by atoms with Gasteiger partial charge in [-0.2, -0.15) is 0 Å². The maximum Gasteiger partial charge on any atom is 0.337 e. The van der Waals surface area contributed by atoms with Gasteiger partial charge in [0.2, 0.25) is 5.91 Å². The van der Waals surface area contributed by atoms with Crippen molar-refractivity contribution >= 4 is 23.6 Å². The number of carbonyl (C=O) groups is 2. The molecule has 0 aromatic rings. The van der Waals surface area contributed by atoms with E-state index in [1.807, 2.05) is 25.7 Å². The lowest BCUT2D eigenvalue weighted by atomic mass is 10.1. The first kappa shape index (κ1) is 14.0. The van der Waals surface area contributed by atoms with Gasteiger partial charge in [0.1, 0.15) is 0 Å². The molecule has 2 aliphatic rings. The summed E-state index contributed by atoms with van der Waals surface area (Å²) in [4.78, 5) is 25.1. The highest BCUT2D eigenvalue weighted by molar-refractivity contribution is 8.03. The molecule has 104 valence electrons. The molecule has 1 saturated heterocycles. The van der Waals surface area contributed by atoms with E-state index >= 15 is 0 Å². The molecule has 6 heteroatoms. The summed E-state index contributed by atoms with van der Waals surface area (Å²) in [6.45, 7) is 6.36. The van der Waals surface area contributed by atoms with Crippen LogP contribution in [0.3, 0.4) is 0 Å². The molecule has 2 aliphatic heterocycles. The van der Waals surface area contributed by atoms with Gasteiger partial charge in [-0.15, -0.1) is 11.8 Å². The molecule has 0 bridgehead atoms. The number of carbonyl (C=O) groups excluding carboxylic acids is 2. The Morgan fingerprint density at radius 1 is 1.53 bits per heavy atom. The number of ether oxygens (including phenoxy) is 1. The number of nitrogens with zero attached hydrogens (tertiary/aromatic N) is 1. The molecule has 1 fully saturated rings. The van der Waals surface area contributed by atoms with Crippen LogP contribution in [-0.4, -0.2) is 35.2 Å². The van der Waals surface area contributed by atoms with Gasteiger partial charge in [-0.25, -0.2) is 4.79 Å². The van der Waals surface area contributed by atoms with Crippen LogP contribution in [0.25, 0.3) is 0 Å². The van der Waals surface area contributed by atoms with Crippen LogP contribution in [0, 0.1) is 5.92 Å². The third kappa shape index (κ3) is 2.78. The predicted molar refractivity (Wildman–Crippen MR) is 73.9 cm³/mol. The molecule has 2 rings (SSSR count). The maximum absolute atomic E-state index is 12.1. The van der Waals surface area contributed by atoms with Crippen molar-refractivity contribution in [2.75, 3.05) is 12.3 Å². The molecular weight excluding hydrogens is 264 g/mol. The highest BCUT2D eigenvalue weighted by Gasteiger charge is 2.39. The lowest BCUT2D eigenvalue weighted by Gasteiger charge is -2.15. The Morgan fingerprint density at radius 3 is 2.79 bits per heavy atom. The highest BCUT2D eigenvalue weighted by atomic mass is 32.2. The third-order valence-corrected chi connectivity index (χ3v) is 4.15. The standard InChI is InChI=1S/C13H18N2O3S/c1-7(2)18-13(17)11-8(3)5-15-9(4-10(14)16)6-19-12(11)15/h4,7-8H,5-6H2,1-3H3,(H2,14,16). The van der Waals surface area contributed by atoms with Crippen LogP contribution in [0.1, 0.15) is 20.8 Å². The lowest BCUT2D eigenvalue weighted by molar-refractivity contribution is -0.143. The number of thioether (sulfide) groups is 1. The van der Waals surface area contributed by atoms with E-state index in [2.05, 4.69) is 0 Å². The van der Waals surface area contributed by atoms with Crippen LogP contribution in [0.5, 0.6) is 0 Å². The number of hydrogen-bond donors (Lipinski definition) is 1. The van der Waals surface area contributed by atoms with E-state index in [1.54, 1.807) is 11.8 Å². The molecular formula is C13H18N2O3S. The first-order chi connectivity index (χ1) is 8.90. The Morgan fingerprint density at radius 2 is 2.21 bits per heavy atom. The molecule has 1 amide bonds. The molecule has 0 aromatic heterocycles. The summed E-state index contributed by atoms with van der Waals surface area (Å²) in [6.07, 6.45) is 1.30. The highest BCUT2D eigenvalue weighted by Crippen LogP contribution is 2.44. The second kappa shape index (κ2) is 5.28. The van der Waals surface area contributed by atoms with Gasteiger partial charge in [0, 0.05) is 30.0 Å². The Kier molecular flexibility index (Phi) is 3.89. The number of hydrogen-bond acceptors (Lipinski definition) is 5. The van der Waals surface area contributed by atoms with Gasteiger partial charge in [0.25, 0.3) is 0 Å². The minimum absolute atomic E-state index is 0.102. The van der Waals surface area contributed by atoms with E-state index in [1.165, 1.54) is 6.08 Å². The van der Waals surface area contributed by atoms with E-state index in [0.29, 0.717) is 17.9 Å². The van der Waals surface area contributed by atoms with E-state index in [-0.39, 0.29) is 18.0 Å². The Hall–Kier alpha value is -1.43. The molecule has 0 saturated carbocycles. The van der Waals surface area contributed by atoms with Crippen molar-refractivity contribution in [2.45, 2.75) is 26.9 Å². The minimum atomic E-state index is -0.456. The molecule has 0 aromatic carbocycles. The largest absolute Gasteiger partial charge is 0.460 e. The fourth-order valence-electron chi connectivity index (χ4n) is 2.28. The number of rotatable bonds is 3. The fraction of sp³-hybridized carbons (Fsp3) is 0.538. The number of amides is 1. The minimum Gasteiger partial charge on any atom is -0.460 e. The summed E-state index contributed by atoms with van der Waals surface area (Å²) in [5.74, 6) is 0.0598. The van der Waals surface area contributed by atoms with Gasteiger partial charge in [-0.3, -0.25) is 4.79 Å². The SMILES string of the molecule is CC(C)OC(=O)C1=C2SCC(=CC(N)=O)N2CC1C. The summed E-state index contributed by atoms with van der Waals surface area (Å²) < 4.78 is 5.28. The first-order valence-electron chi connectivity index (χ1n) is 6.25. The van der Waals surface area contributed by atoms with Gasteiger partial charge in [-0.05, 0) is 13.8 Å². The molecule has 1 atom stereocenters. The topological polar surface area (TPSA) is 72.6 Å². The Balaban J connectivity index is 2.27. The number of fused-ring (bicyclic) bond motifs is 1. The summed E-state index contributed by atoms with van der Waals surface area (Å²) in [5.41, 5.74) is 6.77. The molecule has 19 heavy (non-hydrogen) atoms. The van der Waals surface area contributed by atoms with Gasteiger partial charge in [-0.1, -0.05) is 6.92 Å². The summed E-state index contributed by atoms with van der Waals surface area (Å²) in [6, 6.07) is 0. The Bertz CT molecular complexity index is 482. The van der Waals surface area contributed by atoms with E-state index in [9.17, 15) is 9.59 Å². The quantitative estimate of drug-likeness (QED) is 0.622. The number of nitrogens with two attached hydrogens (primary N) is 1. The first-order valence-corrected chi connectivity index (χ1v) is 7.24. The number of primary amides is 1. The van der Waals surface area contributed by atoms with Crippen LogP contribution in [-0.2, 0) is 14.3 Å². The monoisotopic (exact) mass is 282 g/mol. The van der Waals surface area contributed by atoms with Crippen molar-refractivity contribution in [3.63, 3.8) is 0 Å². The Labute approximate surface area is 116 Å². The zero-order valence-electron chi connectivity index (χ0n) is 11.3. The molecule has 0 spiro atoms. The molecule has 0 radical (unpaired) electrons. The van der Waals surface area contributed by atoms with Gasteiger partial charge < -0.3 is 15.4 Å². The van der Waals surface area contributed by atoms with Crippen LogP contribution < -0.4 is 5.73 Å². The summed E-state index contributed by atoms with van der Waals surface area (Å²) >= 11 is 1.56. The zero-order chi connectivity index (χ0) is 14.2. The average molecular weight is 282 g/mol. The van der Waals surface area contributed by atoms with Crippen molar-refractivity contribution in [3.05, 3.63) is 22.4 Å². The van der Waals surface area contributed by atoms with Crippen LogP contribution in [0.15, 0.2) is 22.4 Å². The second-order valence-electron chi connectivity index (χ2n) is 5.01. The van der Waals surface area contributed by atoms with E-state index in [4.69, 9.17) is 10.5 Å². The van der Waals surface area contributed by atoms with E-state index < -0.39 is 5.91 Å². The van der Waals surface area contributed by atoms with Crippen LogP contribution >= 0.6 is 11.8 Å². The van der Waals surface area contributed by atoms with Crippen LogP contribution in [0.4, 0.5) is 0 Å². The van der Waals surface area contributed by atoms with Crippen LogP contribution in [0.2, 0.25) is 0 Å². The molecule has 0 aliphatic carbocycles. The third-order valence-electron chi connectivity index (χ3n) is 3.00. The van der Waals surface area contributed by atoms with Crippen molar-refractivity contribution in [1.82, 2.24) is 4.90 Å². The van der Waals surface area contributed by atoms with Gasteiger partial charge >= 0.3 is 5.97 Å². The zero-order valence-corrected chi connectivity index (χ0v) is 12.1.